The van der Waals surface area contributed by atoms with Crippen LogP contribution in [0, 0.1) is 0 Å². The maximum atomic E-state index is 13.1. The van der Waals surface area contributed by atoms with E-state index in [1.54, 1.807) is 18.2 Å². The average molecular weight is 1110 g/mol. The Hall–Kier alpha value is -7.25. The third-order valence-electron chi connectivity index (χ3n) is 13.3. The number of aliphatic carboxylic acids is 1. The molecule has 2 aliphatic heterocycles. The van der Waals surface area contributed by atoms with Crippen LogP contribution in [0.15, 0.2) is 59.0 Å². The Labute approximate surface area is 457 Å². The van der Waals surface area contributed by atoms with Crippen molar-refractivity contribution in [2.45, 2.75) is 136 Å². The van der Waals surface area contributed by atoms with E-state index in [0.29, 0.717) is 48.4 Å². The van der Waals surface area contributed by atoms with E-state index in [1.807, 2.05) is 36.4 Å². The lowest BCUT2D eigenvalue weighted by molar-refractivity contribution is -0.267. The minimum Gasteiger partial charge on any atom is -0.481 e. The number of benzene rings is 3. The van der Waals surface area contributed by atoms with E-state index in [-0.39, 0.29) is 23.5 Å². The molecule has 0 saturated carbocycles. The number of unbranched alkanes of at least 4 members (excludes halogenated alkanes) is 2. The maximum absolute atomic E-state index is 13.1. The van der Waals surface area contributed by atoms with Crippen molar-refractivity contribution in [1.82, 2.24) is 25.8 Å². The molecule has 3 aliphatic rings. The first-order valence-corrected chi connectivity index (χ1v) is 26.5. The number of carbonyl (C=O) groups is 7. The van der Waals surface area contributed by atoms with Crippen LogP contribution in [-0.4, -0.2) is 155 Å². The van der Waals surface area contributed by atoms with Crippen LogP contribution >= 0.6 is 12.2 Å². The van der Waals surface area contributed by atoms with Gasteiger partial charge in [0.25, 0.3) is 0 Å². The Morgan fingerprint density at radius 2 is 1.56 bits per heavy atom. The first-order valence-electron chi connectivity index (χ1n) is 26.1. The number of aliphatic hydroxyl groups excluding tert-OH is 2. The van der Waals surface area contributed by atoms with Gasteiger partial charge in [-0.25, -0.2) is 9.37 Å². The number of carboxylic acids is 2. The number of hydrogen-bond acceptors (Lipinski definition) is 15. The highest BCUT2D eigenvalue weighted by atomic mass is 32.1. The van der Waals surface area contributed by atoms with Gasteiger partial charge in [0.15, 0.2) is 11.4 Å². The quantitative estimate of drug-likeness (QED) is 0.0135. The van der Waals surface area contributed by atoms with Gasteiger partial charge in [0.05, 0.1) is 11.6 Å². The van der Waals surface area contributed by atoms with Crippen molar-refractivity contribution in [2.75, 3.05) is 49.5 Å². The molecule has 8 atom stereocenters. The fourth-order valence-corrected chi connectivity index (χ4v) is 9.33. The van der Waals surface area contributed by atoms with E-state index >= 15 is 0 Å². The molecule has 23 nitrogen and oxygen atoms in total. The number of aromatic carboxylic acids is 1. The second kappa shape index (κ2) is 28.9. The number of amides is 4. The Kier molecular flexibility index (Phi) is 22.8. The van der Waals surface area contributed by atoms with Crippen LogP contribution in [0.25, 0.3) is 33.4 Å². The van der Waals surface area contributed by atoms with Crippen LogP contribution in [0.2, 0.25) is 0 Å². The average Bonchev–Trinajstić information content (AvgIpc) is 3.47. The topological polar surface area (TPSA) is 334 Å². The molecular weight excluding hydrogens is 1030 g/mol. The SMILES string of the molecule is CCN(CC)c1ccc2c(-c3ccc(NC(=S)NCCCCCC(=O)OCC4OC(O)C(NC(C)=O)C(OC(C)C(=O)NC(C)C(=O)NC(CCC(=O)O)C(N)=O)C4O)cc3C(=O)O)c3ccc(=[N+](CC)CC)cc-3oc2c1. The van der Waals surface area contributed by atoms with Gasteiger partial charge < -0.3 is 76.3 Å². The number of thiocarbonyl (C=S) groups is 1. The summed E-state index contributed by atoms with van der Waals surface area (Å²) in [6, 6.07) is 13.1. The summed E-state index contributed by atoms with van der Waals surface area (Å²) in [6.07, 6.45) is -6.86. The number of nitrogens with one attached hydrogen (secondary N) is 5. The Balaban J connectivity index is 1.14. The smallest absolute Gasteiger partial charge is 0.336 e. The molecule has 8 unspecified atom stereocenters. The highest BCUT2D eigenvalue weighted by Crippen LogP contribution is 2.42. The number of fused-ring (bicyclic) bond motifs is 2. The molecular formula is C54H73N8O15S+. The summed E-state index contributed by atoms with van der Waals surface area (Å²) in [5, 5.41) is 57.0. The summed E-state index contributed by atoms with van der Waals surface area (Å²) in [5.41, 5.74) is 9.44. The van der Waals surface area contributed by atoms with Gasteiger partial charge in [-0.15, -0.1) is 0 Å². The predicted molar refractivity (Wildman–Crippen MR) is 293 cm³/mol. The highest BCUT2D eigenvalue weighted by molar-refractivity contribution is 7.80. The summed E-state index contributed by atoms with van der Waals surface area (Å²) in [7, 11) is 0. The lowest BCUT2D eigenvalue weighted by Crippen LogP contribution is -2.66. The molecule has 2 aromatic rings. The molecule has 424 valence electrons. The van der Waals surface area contributed by atoms with Crippen LogP contribution in [-0.2, 0) is 43.0 Å². The molecule has 24 heteroatoms. The minimum absolute atomic E-state index is 0.0101. The van der Waals surface area contributed by atoms with Crippen molar-refractivity contribution < 1.29 is 72.6 Å². The number of hydrogen-bond donors (Lipinski definition) is 10. The number of primary amides is 1. The van der Waals surface area contributed by atoms with Gasteiger partial charge in [0, 0.05) is 79.4 Å². The zero-order valence-corrected chi connectivity index (χ0v) is 45.8. The minimum atomic E-state index is -1.78. The van der Waals surface area contributed by atoms with E-state index in [9.17, 15) is 48.9 Å². The van der Waals surface area contributed by atoms with Gasteiger partial charge in [-0.1, -0.05) is 12.5 Å². The third kappa shape index (κ3) is 16.4. The van der Waals surface area contributed by atoms with Crippen molar-refractivity contribution in [3.8, 4) is 22.5 Å². The maximum Gasteiger partial charge on any atom is 0.336 e. The number of aliphatic hydroxyl groups is 2. The van der Waals surface area contributed by atoms with Crippen LogP contribution in [0.5, 0.6) is 0 Å². The number of ether oxygens (including phenoxy) is 3. The van der Waals surface area contributed by atoms with Crippen LogP contribution < -0.4 is 47.2 Å². The summed E-state index contributed by atoms with van der Waals surface area (Å²) >= 11 is 5.56. The van der Waals surface area contributed by atoms with Crippen molar-refractivity contribution in [3.05, 3.63) is 65.5 Å². The Morgan fingerprint density at radius 3 is 2.21 bits per heavy atom. The lowest BCUT2D eigenvalue weighted by atomic mass is 9.90. The van der Waals surface area contributed by atoms with Gasteiger partial charge in [-0.05, 0) is 109 Å². The number of carbonyl (C=O) groups excluding carboxylic acids is 5. The zero-order chi connectivity index (χ0) is 57.4. The molecule has 2 heterocycles. The third-order valence-corrected chi connectivity index (χ3v) is 13.6. The number of nitrogens with two attached hydrogens (primary N) is 1. The molecule has 2 aromatic carbocycles. The predicted octanol–water partition coefficient (Wildman–Crippen LogP) is 2.65. The van der Waals surface area contributed by atoms with E-state index in [2.05, 4.69) is 63.8 Å². The van der Waals surface area contributed by atoms with Crippen LogP contribution in [0.3, 0.4) is 0 Å². The fourth-order valence-electron chi connectivity index (χ4n) is 9.11. The summed E-state index contributed by atoms with van der Waals surface area (Å²) in [5.74, 6) is -5.67. The summed E-state index contributed by atoms with van der Waals surface area (Å²) in [6.45, 7) is 15.2. The van der Waals surface area contributed by atoms with Gasteiger partial charge in [0.1, 0.15) is 73.6 Å². The second-order valence-electron chi connectivity index (χ2n) is 18.8. The van der Waals surface area contributed by atoms with E-state index in [0.717, 1.165) is 60.7 Å². The zero-order valence-electron chi connectivity index (χ0n) is 45.0. The molecule has 1 aliphatic carbocycles. The normalized spacial score (nSPS) is 18.2. The van der Waals surface area contributed by atoms with Crippen molar-refractivity contribution in [3.63, 3.8) is 0 Å². The van der Waals surface area contributed by atoms with Crippen LogP contribution in [0.1, 0.15) is 97.3 Å². The number of rotatable bonds is 27. The van der Waals surface area contributed by atoms with Crippen molar-refractivity contribution >= 4 is 81.2 Å². The molecule has 4 amide bonds. The first-order chi connectivity index (χ1) is 37.1. The van der Waals surface area contributed by atoms with Gasteiger partial charge in [-0.2, -0.15) is 0 Å². The fraction of sp³-hybridized carbons (Fsp3) is 0.500. The van der Waals surface area contributed by atoms with Gasteiger partial charge in [-0.3, -0.25) is 28.8 Å². The van der Waals surface area contributed by atoms with E-state index in [1.165, 1.54) is 13.8 Å². The Bertz CT molecular complexity index is 2850. The Morgan fingerprint density at radius 1 is 0.859 bits per heavy atom. The molecule has 1 saturated heterocycles. The first kappa shape index (κ1) is 61.6. The standard InChI is InChI=1S/C54H72N8O15S/c1-8-61(9-2)33-17-20-36-40(26-33)76-41-27-34(62(10-3)11-4)18-21-37(41)45(36)35-19-16-32(25-38(35)52(71)72)59-54(78)56-24-14-12-13-15-44(66)74-28-42-47(67)48(46(53(73)77-42)58-31(7)63)75-30(6)51(70)57-29(5)50(69)60-39(49(55)68)22-23-43(64)65/h16-21,25-27,29-30,39,42,46-48,53,67,73H,8-15,22-24,28H2,1-7H3,(H8,55,56,57,58,60,63,64,65,68,69,70,71,72,78)/p+1. The van der Waals surface area contributed by atoms with E-state index < -0.39 is 103 Å². The molecule has 1 fully saturated rings. The number of carboxylic acid groups (broad SMARTS) is 2. The monoisotopic (exact) mass is 1110 g/mol. The number of anilines is 2. The van der Waals surface area contributed by atoms with Gasteiger partial charge >= 0.3 is 17.9 Å². The molecule has 0 aromatic heterocycles. The molecule has 11 N–H and O–H groups in total. The molecule has 78 heavy (non-hydrogen) atoms. The van der Waals surface area contributed by atoms with Gasteiger partial charge in [0.2, 0.25) is 29.0 Å². The molecule has 0 bridgehead atoms. The van der Waals surface area contributed by atoms with Crippen molar-refractivity contribution in [1.29, 1.82) is 0 Å². The number of esters is 1. The molecule has 0 radical (unpaired) electrons. The molecule has 0 spiro atoms. The highest BCUT2D eigenvalue weighted by Gasteiger charge is 2.47. The van der Waals surface area contributed by atoms with Crippen molar-refractivity contribution in [2.24, 2.45) is 5.73 Å². The number of nitrogens with zero attached hydrogens (tertiary/aromatic N) is 2. The van der Waals surface area contributed by atoms with E-state index in [4.69, 9.17) is 41.7 Å². The second-order valence-corrected chi connectivity index (χ2v) is 19.2. The lowest BCUT2D eigenvalue weighted by Gasteiger charge is -2.43. The molecule has 5 rings (SSSR count). The largest absolute Gasteiger partial charge is 0.481 e. The summed E-state index contributed by atoms with van der Waals surface area (Å²) in [4.78, 5) is 88.6. The summed E-state index contributed by atoms with van der Waals surface area (Å²) < 4.78 is 25.5. The van der Waals surface area contributed by atoms with Crippen LogP contribution in [0.4, 0.5) is 11.4 Å².